The number of rotatable bonds is 7. The number of aromatic nitrogens is 1. The molecular formula is C20H17F2N3O6S. The van der Waals surface area contributed by atoms with Gasteiger partial charge >= 0.3 is 5.97 Å². The smallest absolute Gasteiger partial charge is 0.341 e. The van der Waals surface area contributed by atoms with Gasteiger partial charge in [0.05, 0.1) is 11.3 Å². The fraction of sp³-hybridized carbons (Fsp3) is 0.150. The van der Waals surface area contributed by atoms with Crippen LogP contribution in [-0.4, -0.2) is 31.6 Å². The predicted molar refractivity (Wildman–Crippen MR) is 108 cm³/mol. The molecule has 0 saturated heterocycles. The average molecular weight is 465 g/mol. The molecule has 0 aliphatic heterocycles. The lowest BCUT2D eigenvalue weighted by Crippen LogP contribution is -2.30. The van der Waals surface area contributed by atoms with Gasteiger partial charge in [0, 0.05) is 6.07 Å². The van der Waals surface area contributed by atoms with E-state index in [1.54, 1.807) is 6.92 Å². The van der Waals surface area contributed by atoms with Gasteiger partial charge in [0.1, 0.15) is 22.3 Å². The van der Waals surface area contributed by atoms with Gasteiger partial charge in [0.15, 0.2) is 11.9 Å². The summed E-state index contributed by atoms with van der Waals surface area (Å²) in [5, 5.41) is 5.99. The molecule has 1 amide bonds. The molecule has 12 heteroatoms. The van der Waals surface area contributed by atoms with E-state index < -0.39 is 44.5 Å². The summed E-state index contributed by atoms with van der Waals surface area (Å²) in [6.45, 7) is 2.93. The van der Waals surface area contributed by atoms with E-state index in [4.69, 9.17) is 9.26 Å². The number of carbonyl (C=O) groups excluding carboxylic acids is 2. The monoisotopic (exact) mass is 465 g/mol. The molecule has 0 bridgehead atoms. The normalized spacial score (nSPS) is 12.1. The van der Waals surface area contributed by atoms with Gasteiger partial charge < -0.3 is 14.6 Å². The van der Waals surface area contributed by atoms with Crippen LogP contribution in [0.5, 0.6) is 0 Å². The second-order valence-corrected chi connectivity index (χ2v) is 8.24. The third-order valence-electron chi connectivity index (χ3n) is 4.11. The number of sulfonamides is 1. The Bertz CT molecular complexity index is 1280. The first-order valence-corrected chi connectivity index (χ1v) is 10.6. The summed E-state index contributed by atoms with van der Waals surface area (Å²) in [5.41, 5.74) is -0.495. The predicted octanol–water partition coefficient (Wildman–Crippen LogP) is 3.25. The van der Waals surface area contributed by atoms with Crippen LogP contribution in [0.15, 0.2) is 57.9 Å². The lowest BCUT2D eigenvalue weighted by Gasteiger charge is -2.15. The number of nitrogens with zero attached hydrogens (tertiary/aromatic N) is 1. The quantitative estimate of drug-likeness (QED) is 0.513. The van der Waals surface area contributed by atoms with Crippen molar-refractivity contribution in [2.24, 2.45) is 0 Å². The number of nitrogens with one attached hydrogen (secondary N) is 2. The van der Waals surface area contributed by atoms with Gasteiger partial charge in [0.2, 0.25) is 0 Å². The summed E-state index contributed by atoms with van der Waals surface area (Å²) >= 11 is 0. The molecule has 2 N–H and O–H groups in total. The van der Waals surface area contributed by atoms with Crippen molar-refractivity contribution in [1.29, 1.82) is 0 Å². The maximum Gasteiger partial charge on any atom is 0.341 e. The number of ether oxygens (including phenoxy) is 1. The number of esters is 1. The Morgan fingerprint density at radius 2 is 1.84 bits per heavy atom. The van der Waals surface area contributed by atoms with Gasteiger partial charge in [-0.1, -0.05) is 17.3 Å². The first-order chi connectivity index (χ1) is 15.1. The van der Waals surface area contributed by atoms with Crippen LogP contribution in [0, 0.1) is 18.6 Å². The number of anilines is 2. The van der Waals surface area contributed by atoms with Crippen molar-refractivity contribution in [3.8, 4) is 0 Å². The van der Waals surface area contributed by atoms with Crippen molar-refractivity contribution in [2.45, 2.75) is 24.8 Å². The van der Waals surface area contributed by atoms with Crippen LogP contribution in [0.25, 0.3) is 0 Å². The molecule has 2 aromatic carbocycles. The number of carbonyl (C=O) groups is 2. The standard InChI is InChI=1S/C20H17F2N3O6S/c1-11-9-18(24-31-11)23-19(26)12(2)30-20(27)14-5-3-4-6-16(14)25-32(28,29)17-10-13(21)7-8-15(17)22/h3-10,12,25H,1-2H3,(H,23,24,26). The number of aryl methyl sites for hydroxylation is 1. The largest absolute Gasteiger partial charge is 0.449 e. The number of hydrogen-bond donors (Lipinski definition) is 2. The summed E-state index contributed by atoms with van der Waals surface area (Å²) in [4.78, 5) is 23.8. The molecule has 1 aromatic heterocycles. The molecule has 0 aliphatic rings. The fourth-order valence-corrected chi connectivity index (χ4v) is 3.73. The zero-order valence-corrected chi connectivity index (χ0v) is 17.6. The molecular weight excluding hydrogens is 448 g/mol. The highest BCUT2D eigenvalue weighted by Gasteiger charge is 2.25. The highest BCUT2D eigenvalue weighted by Crippen LogP contribution is 2.23. The molecule has 0 radical (unpaired) electrons. The van der Waals surface area contributed by atoms with Gasteiger partial charge in [-0.25, -0.2) is 22.0 Å². The third kappa shape index (κ3) is 5.27. The van der Waals surface area contributed by atoms with Crippen LogP contribution in [0.1, 0.15) is 23.0 Å². The first-order valence-electron chi connectivity index (χ1n) is 9.09. The Balaban J connectivity index is 1.77. The Morgan fingerprint density at radius 1 is 1.12 bits per heavy atom. The van der Waals surface area contributed by atoms with Gasteiger partial charge in [-0.3, -0.25) is 9.52 Å². The Labute approximate surface area is 181 Å². The summed E-state index contributed by atoms with van der Waals surface area (Å²) in [5.74, 6) is -3.27. The molecule has 0 spiro atoms. The molecule has 32 heavy (non-hydrogen) atoms. The zero-order chi connectivity index (χ0) is 23.5. The minimum Gasteiger partial charge on any atom is -0.449 e. The highest BCUT2D eigenvalue weighted by molar-refractivity contribution is 7.92. The second-order valence-electron chi connectivity index (χ2n) is 6.59. The maximum atomic E-state index is 13.9. The maximum absolute atomic E-state index is 13.9. The van der Waals surface area contributed by atoms with E-state index in [2.05, 4.69) is 10.5 Å². The van der Waals surface area contributed by atoms with Crippen molar-refractivity contribution < 1.29 is 36.0 Å². The number of para-hydroxylation sites is 1. The van der Waals surface area contributed by atoms with Crippen LogP contribution in [-0.2, 0) is 19.6 Å². The zero-order valence-electron chi connectivity index (χ0n) is 16.8. The third-order valence-corrected chi connectivity index (χ3v) is 5.49. The summed E-state index contributed by atoms with van der Waals surface area (Å²) in [6.07, 6.45) is -1.27. The molecule has 0 fully saturated rings. The lowest BCUT2D eigenvalue weighted by atomic mass is 10.2. The molecule has 1 atom stereocenters. The lowest BCUT2D eigenvalue weighted by molar-refractivity contribution is -0.123. The number of hydrogen-bond acceptors (Lipinski definition) is 7. The van der Waals surface area contributed by atoms with Crippen LogP contribution in [0.2, 0.25) is 0 Å². The SMILES string of the molecule is Cc1cc(NC(=O)C(C)OC(=O)c2ccccc2NS(=O)(=O)c2cc(F)ccc2F)no1. The highest BCUT2D eigenvalue weighted by atomic mass is 32.2. The van der Waals surface area contributed by atoms with E-state index in [0.717, 1.165) is 6.07 Å². The summed E-state index contributed by atoms with van der Waals surface area (Å²) < 4.78 is 64.4. The summed E-state index contributed by atoms with van der Waals surface area (Å²) in [7, 11) is -4.58. The first kappa shape index (κ1) is 22.9. The van der Waals surface area contributed by atoms with Crippen LogP contribution in [0.4, 0.5) is 20.3 Å². The molecule has 0 saturated carbocycles. The van der Waals surface area contributed by atoms with Gasteiger partial charge in [-0.2, -0.15) is 0 Å². The summed E-state index contributed by atoms with van der Waals surface area (Å²) in [6, 6.07) is 8.73. The van der Waals surface area contributed by atoms with Crippen molar-refractivity contribution in [3.05, 3.63) is 71.5 Å². The van der Waals surface area contributed by atoms with Crippen molar-refractivity contribution in [2.75, 3.05) is 10.0 Å². The molecule has 3 aromatic rings. The number of halogens is 2. The molecule has 9 nitrogen and oxygen atoms in total. The van der Waals surface area contributed by atoms with Crippen molar-refractivity contribution in [1.82, 2.24) is 5.16 Å². The Hall–Kier alpha value is -3.80. The minimum absolute atomic E-state index is 0.126. The van der Waals surface area contributed by atoms with E-state index in [1.807, 2.05) is 4.72 Å². The molecule has 1 heterocycles. The van der Waals surface area contributed by atoms with Gasteiger partial charge in [-0.05, 0) is 44.2 Å². The molecule has 1 unspecified atom stereocenters. The molecule has 3 rings (SSSR count). The Kier molecular flexibility index (Phi) is 6.53. The van der Waals surface area contributed by atoms with E-state index in [1.165, 1.54) is 37.3 Å². The van der Waals surface area contributed by atoms with E-state index >= 15 is 0 Å². The van der Waals surface area contributed by atoms with Crippen molar-refractivity contribution >= 4 is 33.4 Å². The van der Waals surface area contributed by atoms with Crippen molar-refractivity contribution in [3.63, 3.8) is 0 Å². The number of amides is 1. The Morgan fingerprint density at radius 3 is 2.53 bits per heavy atom. The molecule has 168 valence electrons. The fourth-order valence-electron chi connectivity index (χ4n) is 2.56. The minimum atomic E-state index is -4.58. The van der Waals surface area contributed by atoms with Crippen LogP contribution in [0.3, 0.4) is 0 Å². The van der Waals surface area contributed by atoms with Gasteiger partial charge in [-0.15, -0.1) is 0 Å². The van der Waals surface area contributed by atoms with E-state index in [9.17, 15) is 26.8 Å². The molecule has 0 aliphatic carbocycles. The second kappa shape index (κ2) is 9.14. The van der Waals surface area contributed by atoms with E-state index in [-0.39, 0.29) is 17.1 Å². The van der Waals surface area contributed by atoms with Crippen LogP contribution < -0.4 is 10.0 Å². The topological polar surface area (TPSA) is 128 Å². The van der Waals surface area contributed by atoms with Crippen LogP contribution >= 0.6 is 0 Å². The number of benzene rings is 2. The van der Waals surface area contributed by atoms with Gasteiger partial charge in [0.25, 0.3) is 15.9 Å². The van der Waals surface area contributed by atoms with E-state index in [0.29, 0.717) is 17.9 Å². The average Bonchev–Trinajstić information content (AvgIpc) is 3.14.